The highest BCUT2D eigenvalue weighted by Gasteiger charge is 2.43. The van der Waals surface area contributed by atoms with Gasteiger partial charge in [-0.15, -0.1) is 0 Å². The van der Waals surface area contributed by atoms with Crippen molar-refractivity contribution in [2.45, 2.75) is 31.9 Å². The monoisotopic (exact) mass is 283 g/mol. The minimum atomic E-state index is -4.56. The summed E-state index contributed by atoms with van der Waals surface area (Å²) >= 11 is 0. The standard InChI is InChI=1S/C11H20F3N3O2/c12-11(13,14)8(9(15)17-19)5-16-6-10(7-18)3-1-2-4-10/h8,16,18-19H,1-7H2,(H2,15,17). The summed E-state index contributed by atoms with van der Waals surface area (Å²) < 4.78 is 38.0. The number of amidine groups is 1. The molecule has 0 spiro atoms. The Morgan fingerprint density at radius 3 is 2.37 bits per heavy atom. The zero-order chi connectivity index (χ0) is 14.5. The normalized spacial score (nSPS) is 21.6. The molecule has 0 bridgehead atoms. The first kappa shape index (κ1) is 16.0. The molecular formula is C11H20F3N3O2. The van der Waals surface area contributed by atoms with Crippen molar-refractivity contribution in [2.24, 2.45) is 22.2 Å². The molecule has 1 atom stereocenters. The van der Waals surface area contributed by atoms with Gasteiger partial charge in [-0.1, -0.05) is 18.0 Å². The molecule has 0 saturated heterocycles. The Morgan fingerprint density at radius 2 is 1.95 bits per heavy atom. The van der Waals surface area contributed by atoms with Gasteiger partial charge in [-0.3, -0.25) is 0 Å². The molecular weight excluding hydrogens is 263 g/mol. The highest BCUT2D eigenvalue weighted by atomic mass is 19.4. The third-order valence-corrected chi connectivity index (χ3v) is 3.72. The molecule has 0 aliphatic heterocycles. The van der Waals surface area contributed by atoms with Crippen LogP contribution >= 0.6 is 0 Å². The number of nitrogens with zero attached hydrogens (tertiary/aromatic N) is 1. The molecule has 1 saturated carbocycles. The number of alkyl halides is 3. The number of oxime groups is 1. The first-order valence-electron chi connectivity index (χ1n) is 6.20. The van der Waals surface area contributed by atoms with Crippen LogP contribution in [0.2, 0.25) is 0 Å². The highest BCUT2D eigenvalue weighted by molar-refractivity contribution is 5.83. The van der Waals surface area contributed by atoms with E-state index in [-0.39, 0.29) is 12.0 Å². The number of nitrogens with two attached hydrogens (primary N) is 1. The minimum absolute atomic E-state index is 0.0414. The maximum atomic E-state index is 12.7. The van der Waals surface area contributed by atoms with Crippen LogP contribution in [-0.2, 0) is 0 Å². The summed E-state index contributed by atoms with van der Waals surface area (Å²) in [5.41, 5.74) is 4.72. The Kier molecular flexibility index (Phi) is 5.42. The van der Waals surface area contributed by atoms with E-state index in [4.69, 9.17) is 10.9 Å². The van der Waals surface area contributed by atoms with Crippen LogP contribution in [0.3, 0.4) is 0 Å². The van der Waals surface area contributed by atoms with Crippen LogP contribution < -0.4 is 11.1 Å². The molecule has 0 aromatic heterocycles. The van der Waals surface area contributed by atoms with Crippen molar-refractivity contribution in [3.05, 3.63) is 0 Å². The van der Waals surface area contributed by atoms with E-state index in [2.05, 4.69) is 10.5 Å². The molecule has 1 rings (SSSR count). The molecule has 5 nitrogen and oxygen atoms in total. The molecule has 0 heterocycles. The topological polar surface area (TPSA) is 90.9 Å². The first-order chi connectivity index (χ1) is 8.84. The van der Waals surface area contributed by atoms with E-state index in [9.17, 15) is 18.3 Å². The van der Waals surface area contributed by atoms with Gasteiger partial charge in [-0.25, -0.2) is 0 Å². The molecule has 1 aliphatic rings. The summed E-state index contributed by atoms with van der Waals surface area (Å²) in [5.74, 6) is -2.88. The number of nitrogens with one attached hydrogen (secondary N) is 1. The summed E-state index contributed by atoms with van der Waals surface area (Å²) in [4.78, 5) is 0. The summed E-state index contributed by atoms with van der Waals surface area (Å²) in [6.07, 6.45) is -1.00. The fourth-order valence-corrected chi connectivity index (χ4v) is 2.46. The Labute approximate surface area is 109 Å². The Hall–Kier alpha value is -1.02. The lowest BCUT2D eigenvalue weighted by Gasteiger charge is -2.28. The number of rotatable bonds is 6. The molecule has 1 fully saturated rings. The van der Waals surface area contributed by atoms with Crippen LogP contribution in [0.25, 0.3) is 0 Å². The number of aliphatic hydroxyl groups excluding tert-OH is 1. The van der Waals surface area contributed by atoms with E-state index < -0.39 is 24.5 Å². The molecule has 0 aromatic rings. The van der Waals surface area contributed by atoms with E-state index in [0.29, 0.717) is 6.54 Å². The maximum absolute atomic E-state index is 12.7. The van der Waals surface area contributed by atoms with Gasteiger partial charge in [-0.05, 0) is 12.8 Å². The quantitative estimate of drug-likeness (QED) is 0.254. The van der Waals surface area contributed by atoms with E-state index >= 15 is 0 Å². The maximum Gasteiger partial charge on any atom is 0.400 e. The van der Waals surface area contributed by atoms with E-state index in [1.807, 2.05) is 0 Å². The van der Waals surface area contributed by atoms with Crippen LogP contribution in [0, 0.1) is 11.3 Å². The van der Waals surface area contributed by atoms with Gasteiger partial charge < -0.3 is 21.4 Å². The zero-order valence-electron chi connectivity index (χ0n) is 10.6. The lowest BCUT2D eigenvalue weighted by Crippen LogP contribution is -2.45. The van der Waals surface area contributed by atoms with Crippen molar-refractivity contribution < 1.29 is 23.5 Å². The van der Waals surface area contributed by atoms with Crippen LogP contribution in [0.5, 0.6) is 0 Å². The molecule has 5 N–H and O–H groups in total. The molecule has 8 heteroatoms. The average Bonchev–Trinajstić information content (AvgIpc) is 2.81. The van der Waals surface area contributed by atoms with Crippen molar-refractivity contribution in [3.63, 3.8) is 0 Å². The largest absolute Gasteiger partial charge is 0.409 e. The van der Waals surface area contributed by atoms with Crippen molar-refractivity contribution in [1.82, 2.24) is 5.32 Å². The Bertz CT molecular complexity index is 315. The van der Waals surface area contributed by atoms with Gasteiger partial charge in [0, 0.05) is 25.1 Å². The summed E-state index contributed by atoms with van der Waals surface area (Å²) in [7, 11) is 0. The van der Waals surface area contributed by atoms with Crippen molar-refractivity contribution in [2.75, 3.05) is 19.7 Å². The number of hydrogen-bond donors (Lipinski definition) is 4. The fraction of sp³-hybridized carbons (Fsp3) is 0.909. The molecule has 0 radical (unpaired) electrons. The molecule has 0 aromatic carbocycles. The minimum Gasteiger partial charge on any atom is -0.409 e. The van der Waals surface area contributed by atoms with Gasteiger partial charge in [0.15, 0.2) is 5.84 Å². The van der Waals surface area contributed by atoms with Crippen LogP contribution in [0.4, 0.5) is 13.2 Å². The van der Waals surface area contributed by atoms with Gasteiger partial charge in [-0.2, -0.15) is 13.2 Å². The van der Waals surface area contributed by atoms with Crippen LogP contribution in [0.1, 0.15) is 25.7 Å². The predicted octanol–water partition coefficient (Wildman–Crippen LogP) is 1.05. The third-order valence-electron chi connectivity index (χ3n) is 3.72. The smallest absolute Gasteiger partial charge is 0.400 e. The Balaban J connectivity index is 2.53. The average molecular weight is 283 g/mol. The number of aliphatic hydroxyl groups is 1. The lowest BCUT2D eigenvalue weighted by molar-refractivity contribution is -0.155. The van der Waals surface area contributed by atoms with Gasteiger partial charge in [0.2, 0.25) is 0 Å². The second-order valence-electron chi connectivity index (χ2n) is 5.12. The summed E-state index contributed by atoms with van der Waals surface area (Å²) in [5, 5.41) is 22.8. The zero-order valence-corrected chi connectivity index (χ0v) is 10.6. The first-order valence-corrected chi connectivity index (χ1v) is 6.20. The second kappa shape index (κ2) is 6.42. The summed E-state index contributed by atoms with van der Waals surface area (Å²) in [6, 6.07) is 0. The summed E-state index contributed by atoms with van der Waals surface area (Å²) in [6.45, 7) is -0.198. The van der Waals surface area contributed by atoms with E-state index in [0.717, 1.165) is 25.7 Å². The Morgan fingerprint density at radius 1 is 1.37 bits per heavy atom. The number of halogens is 3. The SMILES string of the molecule is NC(=NO)C(CNCC1(CO)CCCC1)C(F)(F)F. The van der Waals surface area contributed by atoms with Crippen molar-refractivity contribution in [1.29, 1.82) is 0 Å². The fourth-order valence-electron chi connectivity index (χ4n) is 2.46. The van der Waals surface area contributed by atoms with Crippen molar-refractivity contribution in [3.8, 4) is 0 Å². The molecule has 19 heavy (non-hydrogen) atoms. The molecule has 112 valence electrons. The number of hydrogen-bond acceptors (Lipinski definition) is 4. The third kappa shape index (κ3) is 4.24. The van der Waals surface area contributed by atoms with Crippen molar-refractivity contribution >= 4 is 5.84 Å². The van der Waals surface area contributed by atoms with Crippen LogP contribution in [-0.4, -0.2) is 42.0 Å². The second-order valence-corrected chi connectivity index (χ2v) is 5.12. The van der Waals surface area contributed by atoms with Crippen LogP contribution in [0.15, 0.2) is 5.16 Å². The van der Waals surface area contributed by atoms with E-state index in [1.165, 1.54) is 0 Å². The molecule has 1 unspecified atom stereocenters. The van der Waals surface area contributed by atoms with Gasteiger partial charge >= 0.3 is 6.18 Å². The van der Waals surface area contributed by atoms with E-state index in [1.54, 1.807) is 0 Å². The van der Waals surface area contributed by atoms with Gasteiger partial charge in [0.1, 0.15) is 5.92 Å². The molecule has 1 aliphatic carbocycles. The van der Waals surface area contributed by atoms with Gasteiger partial charge in [0.25, 0.3) is 0 Å². The highest BCUT2D eigenvalue weighted by Crippen LogP contribution is 2.37. The van der Waals surface area contributed by atoms with Gasteiger partial charge in [0.05, 0.1) is 0 Å². The predicted molar refractivity (Wildman–Crippen MR) is 63.8 cm³/mol. The lowest BCUT2D eigenvalue weighted by atomic mass is 9.87. The molecule has 0 amide bonds.